The second-order valence-corrected chi connectivity index (χ2v) is 34.2. The highest BCUT2D eigenvalue weighted by Crippen LogP contribution is 2.53. The lowest BCUT2D eigenvalue weighted by molar-refractivity contribution is 0.590. The topological polar surface area (TPSA) is 42.6 Å². The quantitative estimate of drug-likeness (QED) is 0.156. The first-order valence-electron chi connectivity index (χ1n) is 41.7. The van der Waals surface area contributed by atoms with E-state index in [0.717, 1.165) is 110 Å². The van der Waals surface area contributed by atoms with Gasteiger partial charge in [0.15, 0.2) is 22.3 Å². The number of hydrogen-bond donors (Lipinski definition) is 0. The zero-order valence-corrected chi connectivity index (χ0v) is 62.2. The van der Waals surface area contributed by atoms with Crippen LogP contribution in [0.1, 0.15) is 145 Å². The molecule has 0 saturated heterocycles. The lowest BCUT2D eigenvalue weighted by Crippen LogP contribution is -2.61. The largest absolute Gasteiger partial charge is 0.452 e. The molecule has 2 aliphatic heterocycles. The summed E-state index contributed by atoms with van der Waals surface area (Å²) in [6.07, 6.45) is 0. The van der Waals surface area contributed by atoms with Crippen LogP contribution in [-0.2, 0) is 27.1 Å². The van der Waals surface area contributed by atoms with Crippen LogP contribution in [0.15, 0.2) is 263 Å². The molecule has 19 rings (SSSR count). The van der Waals surface area contributed by atoms with E-state index in [0.29, 0.717) is 56.2 Å². The van der Waals surface area contributed by atoms with Crippen LogP contribution in [0, 0.1) is 0 Å². The van der Waals surface area contributed by atoms with E-state index in [1.54, 1.807) is 0 Å². The Labute approximate surface area is 629 Å². The van der Waals surface area contributed by atoms with Gasteiger partial charge in [0.1, 0.15) is 0 Å². The van der Waals surface area contributed by atoms with E-state index < -0.39 is 48.4 Å². The van der Waals surface area contributed by atoms with Gasteiger partial charge in [0.25, 0.3) is 6.71 Å². The number of benzene rings is 13. The molecule has 13 aromatic carbocycles. The van der Waals surface area contributed by atoms with Crippen LogP contribution in [0.2, 0.25) is 0 Å². The Hall–Kier alpha value is -11.3. The first kappa shape index (κ1) is 54.4. The van der Waals surface area contributed by atoms with E-state index in [1.165, 1.54) is 22.3 Å². The molecule has 7 heteroatoms. The Bertz CT molecular complexity index is 6550. The smallest absolute Gasteiger partial charge is 0.252 e. The van der Waals surface area contributed by atoms with Crippen LogP contribution < -0.4 is 26.2 Å². The van der Waals surface area contributed by atoms with E-state index in [-0.39, 0.29) is 57.0 Å². The van der Waals surface area contributed by atoms with Gasteiger partial charge in [0.2, 0.25) is 0 Å². The van der Waals surface area contributed by atoms with Gasteiger partial charge in [0.05, 0.1) is 58.5 Å². The van der Waals surface area contributed by atoms with Crippen molar-refractivity contribution < 1.29 is 22.5 Å². The fourth-order valence-corrected chi connectivity index (χ4v) is 16.8. The zero-order valence-electron chi connectivity index (χ0n) is 72.2. The van der Waals surface area contributed by atoms with E-state index in [4.69, 9.17) is 17.1 Å². The number of fused-ring (bicyclic) bond motifs is 16. The van der Waals surface area contributed by atoms with Crippen molar-refractivity contribution in [3.8, 4) is 33.6 Å². The molecule has 514 valence electrons. The third kappa shape index (κ3) is 9.97. The van der Waals surface area contributed by atoms with Crippen molar-refractivity contribution in [2.24, 2.45) is 0 Å². The Kier molecular flexibility index (Phi) is 11.7. The van der Waals surface area contributed by atoms with E-state index in [2.05, 4.69) is 281 Å². The van der Waals surface area contributed by atoms with Crippen LogP contribution in [0.3, 0.4) is 0 Å². The van der Waals surface area contributed by atoms with Gasteiger partial charge in [-0.3, -0.25) is 0 Å². The van der Waals surface area contributed by atoms with Gasteiger partial charge < -0.3 is 27.8 Å². The molecule has 0 N–H and O–H groups in total. The number of anilines is 6. The summed E-state index contributed by atoms with van der Waals surface area (Å²) < 4.78 is 112. The second-order valence-electron chi connectivity index (χ2n) is 34.2. The molecular weight excluding hydrogens is 1280 g/mol. The van der Waals surface area contributed by atoms with Crippen molar-refractivity contribution in [2.75, 3.05) is 9.80 Å². The number of furan rings is 2. The van der Waals surface area contributed by atoms with Gasteiger partial charge in [-0.05, 0) is 191 Å². The van der Waals surface area contributed by atoms with Gasteiger partial charge in [-0.25, -0.2) is 0 Å². The predicted molar refractivity (Wildman–Crippen MR) is 448 cm³/mol. The molecule has 0 amide bonds. The number of aromatic nitrogens is 2. The monoisotopic (exact) mass is 1370 g/mol. The van der Waals surface area contributed by atoms with Gasteiger partial charge in [-0.1, -0.05) is 261 Å². The molecule has 0 saturated carbocycles. The average molecular weight is 1370 g/mol. The molecule has 0 fully saturated rings. The molecule has 0 unspecified atom stereocenters. The molecule has 105 heavy (non-hydrogen) atoms. The summed E-state index contributed by atoms with van der Waals surface area (Å²) in [4.78, 5) is 4.51. The van der Waals surface area contributed by atoms with Crippen LogP contribution in [0.25, 0.3) is 121 Å². The zero-order chi connectivity index (χ0) is 81.0. The summed E-state index contributed by atoms with van der Waals surface area (Å²) in [6.45, 7) is 33.0. The first-order chi connectivity index (χ1) is 54.4. The molecule has 0 aliphatic carbocycles. The van der Waals surface area contributed by atoms with Crippen molar-refractivity contribution in [3.05, 3.63) is 282 Å². The summed E-state index contributed by atoms with van der Waals surface area (Å²) in [5.74, 6) is 0. The van der Waals surface area contributed by atoms with Crippen molar-refractivity contribution in [1.29, 1.82) is 0 Å². The van der Waals surface area contributed by atoms with E-state index in [1.807, 2.05) is 36.4 Å². The maximum absolute atomic E-state index is 9.52. The first-order valence-corrected chi connectivity index (χ1v) is 36.7. The molecule has 6 nitrogen and oxygen atoms in total. The Morgan fingerprint density at radius 3 is 0.886 bits per heavy atom. The molecule has 0 atom stereocenters. The molecule has 4 aromatic heterocycles. The van der Waals surface area contributed by atoms with Crippen molar-refractivity contribution >= 4 is 145 Å². The van der Waals surface area contributed by atoms with Crippen molar-refractivity contribution in [2.45, 2.75) is 131 Å². The fraction of sp³-hybridized carbons (Fsp3) is 0.204. The minimum absolute atomic E-state index is 0.0498. The maximum Gasteiger partial charge on any atom is 0.252 e. The third-order valence-corrected chi connectivity index (χ3v) is 22.4. The molecule has 0 spiro atoms. The summed E-state index contributed by atoms with van der Waals surface area (Å²) >= 11 is 0. The Morgan fingerprint density at radius 1 is 0.267 bits per heavy atom. The third-order valence-electron chi connectivity index (χ3n) is 22.4. The number of rotatable bonds is 6. The average Bonchev–Trinajstić information content (AvgIpc) is 0.791. The minimum Gasteiger partial charge on any atom is -0.452 e. The number of nitrogens with zero attached hydrogens (tertiary/aromatic N) is 4. The second kappa shape index (κ2) is 22.6. The fourth-order valence-electron chi connectivity index (χ4n) is 16.8. The molecular formula is C98H87BN4O2. The summed E-state index contributed by atoms with van der Waals surface area (Å²) in [7, 11) is 0. The number of hydrogen-bond acceptors (Lipinski definition) is 4. The molecule has 0 radical (unpaired) electrons. The van der Waals surface area contributed by atoms with Gasteiger partial charge in [0, 0.05) is 65.8 Å². The van der Waals surface area contributed by atoms with E-state index >= 15 is 0 Å². The molecule has 0 bridgehead atoms. The maximum atomic E-state index is 9.52. The standard InChI is InChI=1S/C98H87BN4O2/c1-94(2,3)62-40-46-77-71(52-62)72-53-63(95(4,5)6)41-47-78(72)100(77)81-34-22-30-67-69-32-24-36-83(92(69)104-90(67)81)102-85-50-60(58-26-18-16-19-27-58)38-44-75(85)99-76-45-39-61(59-28-20-17-21-29-59)51-86(76)103(88-57-66(98(13,14)15)56-87(102)89(88)99)84-37-25-33-70-68-31-23-35-82(91(68)105-93(70)84)101-79-48-42-64(96(7,8)9)54-73(79)74-55-65(97(10,11)12)43-49-80(74)101/h16-57H,1-15H3/i16D,17D,18D,19D,20D,21D,26D,27D,28D,29D. The highest BCUT2D eigenvalue weighted by atomic mass is 16.3. The SMILES string of the molecule is [2H]c1c([2H])c([2H])c(-c2ccc3c(c2)N(c2cccc4c2oc2c(-n5c6ccc(C(C)(C)C)cc6c6cc(C(C)(C)C)ccc65)cccc24)c2cc(C(C)(C)C)cc4c2B3c2ccc(-c3c([2H])c([2H])c([2H])c([2H])c3[2H])cc2N4c2cccc3c2oc2c(-n4c5ccc(C(C)(C)C)cc5c5cc(C(C)(C)C)ccc54)cccc23)c([2H])c1[2H]. The van der Waals surface area contributed by atoms with Crippen LogP contribution in [0.4, 0.5) is 34.1 Å². The number of para-hydroxylation sites is 4. The lowest BCUT2D eigenvalue weighted by atomic mass is 9.33. The molecule has 6 heterocycles. The Balaban J connectivity index is 0.910. The highest BCUT2D eigenvalue weighted by Gasteiger charge is 2.46. The highest BCUT2D eigenvalue weighted by molar-refractivity contribution is 7.00. The lowest BCUT2D eigenvalue weighted by Gasteiger charge is -2.45. The summed E-state index contributed by atoms with van der Waals surface area (Å²) in [5.41, 5.74) is 21.0. The van der Waals surface area contributed by atoms with Gasteiger partial charge >= 0.3 is 0 Å². The van der Waals surface area contributed by atoms with Crippen molar-refractivity contribution in [1.82, 2.24) is 9.13 Å². The summed E-state index contributed by atoms with van der Waals surface area (Å²) in [5, 5.41) is 8.10. The van der Waals surface area contributed by atoms with E-state index in [9.17, 15) is 5.48 Å². The molecule has 2 aliphatic rings. The summed E-state index contributed by atoms with van der Waals surface area (Å²) in [6, 6.07) is 64.8. The predicted octanol–water partition coefficient (Wildman–Crippen LogP) is 25.6. The van der Waals surface area contributed by atoms with Crippen LogP contribution in [-0.4, -0.2) is 15.8 Å². The molecule has 17 aromatic rings. The van der Waals surface area contributed by atoms with Gasteiger partial charge in [-0.15, -0.1) is 0 Å². The van der Waals surface area contributed by atoms with Crippen LogP contribution >= 0.6 is 0 Å². The van der Waals surface area contributed by atoms with Gasteiger partial charge in [-0.2, -0.15) is 0 Å². The minimum atomic E-state index is -0.608. The van der Waals surface area contributed by atoms with Crippen molar-refractivity contribution in [3.63, 3.8) is 0 Å². The van der Waals surface area contributed by atoms with Crippen LogP contribution in [0.5, 0.6) is 0 Å². The normalized spacial score (nSPS) is 14.9. The Morgan fingerprint density at radius 2 is 0.571 bits per heavy atom.